The molecule has 0 aromatic heterocycles. The molecule has 1 aromatic rings. The molecule has 0 aliphatic rings. The number of hydrogen-bond donors (Lipinski definition) is 1. The van der Waals surface area contributed by atoms with Gasteiger partial charge in [0.1, 0.15) is 0 Å². The van der Waals surface area contributed by atoms with Crippen LogP contribution in [0.25, 0.3) is 0 Å². The minimum absolute atomic E-state index is 0.0318. The Labute approximate surface area is 80.9 Å². The van der Waals surface area contributed by atoms with E-state index in [0.29, 0.717) is 11.3 Å². The van der Waals surface area contributed by atoms with E-state index in [1.807, 2.05) is 0 Å². The number of Topliss-reactive ketones (excluding diaryl/α,β-unsaturated/α-hetero) is 1. The van der Waals surface area contributed by atoms with E-state index < -0.39 is 6.98 Å². The first-order valence-electron chi connectivity index (χ1n) is 5.17. The lowest BCUT2D eigenvalue weighted by molar-refractivity contribution is 0.101. The van der Waals surface area contributed by atoms with Crippen molar-refractivity contribution in [3.8, 4) is 0 Å². The highest BCUT2D eigenvalue weighted by Crippen LogP contribution is 2.09. The second-order valence-corrected chi connectivity index (χ2v) is 2.45. The first-order valence-corrected chi connectivity index (χ1v) is 3.67. The first-order chi connectivity index (χ1) is 7.38. The molecule has 1 N–H and O–H groups in total. The average Bonchev–Trinajstić information content (AvgIpc) is 2.16. The number of anilines is 1. The van der Waals surface area contributed by atoms with Crippen LogP contribution in [0.5, 0.6) is 0 Å². The van der Waals surface area contributed by atoms with Gasteiger partial charge in [-0.3, -0.25) is 10.2 Å². The Kier molecular flexibility index (Phi) is 1.96. The fourth-order valence-corrected chi connectivity index (χ4v) is 0.862. The zero-order chi connectivity index (χ0) is 12.2. The maximum atomic E-state index is 11.0. The van der Waals surface area contributed by atoms with Gasteiger partial charge in [-0.25, -0.2) is 0 Å². The van der Waals surface area contributed by atoms with Crippen LogP contribution in [0.1, 0.15) is 21.4 Å². The number of rotatable bonds is 3. The molecule has 68 valence electrons. The summed E-state index contributed by atoms with van der Waals surface area (Å²) in [6.07, 6.45) is 0. The van der Waals surface area contributed by atoms with Crippen molar-refractivity contribution in [2.45, 2.75) is 6.92 Å². The summed E-state index contributed by atoms with van der Waals surface area (Å²) in [6.45, 7) is -0.969. The van der Waals surface area contributed by atoms with Crippen LogP contribution in [0, 0.1) is 0 Å². The van der Waals surface area contributed by atoms with Gasteiger partial charge in [0.2, 0.25) is 0 Å². The van der Waals surface area contributed by atoms with Crippen LogP contribution < -0.4 is 5.43 Å². The van der Waals surface area contributed by atoms with Crippen LogP contribution >= 0.6 is 0 Å². The largest absolute Gasteiger partial charge is 0.295 e. The van der Waals surface area contributed by atoms with Gasteiger partial charge in [-0.15, -0.1) is 0 Å². The van der Waals surface area contributed by atoms with Gasteiger partial charge in [0.15, 0.2) is 5.78 Å². The Balaban J connectivity index is 2.63. The van der Waals surface area contributed by atoms with Gasteiger partial charge in [-0.2, -0.15) is 5.11 Å². The van der Waals surface area contributed by atoms with E-state index in [1.54, 1.807) is 24.3 Å². The molecule has 0 spiro atoms. The third-order valence-electron chi connectivity index (χ3n) is 1.52. The van der Waals surface area contributed by atoms with E-state index >= 15 is 0 Å². The molecule has 0 saturated heterocycles. The lowest BCUT2D eigenvalue weighted by atomic mass is 10.1. The number of benzene rings is 1. The molecular formula is C9H11N3O. The fraction of sp³-hybridized carbons (Fsp3) is 0.222. The Morgan fingerprint density at radius 1 is 1.46 bits per heavy atom. The van der Waals surface area contributed by atoms with Gasteiger partial charge in [0, 0.05) is 9.68 Å². The van der Waals surface area contributed by atoms with Gasteiger partial charge in [-0.1, -0.05) is 5.22 Å². The molecular weight excluding hydrogens is 166 g/mol. The smallest absolute Gasteiger partial charge is 0.159 e. The van der Waals surface area contributed by atoms with E-state index in [9.17, 15) is 4.79 Å². The lowest BCUT2D eigenvalue weighted by Gasteiger charge is -1.99. The van der Waals surface area contributed by atoms with Gasteiger partial charge in [0.25, 0.3) is 0 Å². The van der Waals surface area contributed by atoms with Crippen molar-refractivity contribution in [2.75, 3.05) is 12.4 Å². The minimum atomic E-state index is -2.44. The van der Waals surface area contributed by atoms with Crippen LogP contribution in [-0.4, -0.2) is 12.8 Å². The molecule has 0 amide bonds. The Bertz CT molecular complexity index is 397. The molecule has 0 aliphatic heterocycles. The van der Waals surface area contributed by atoms with Crippen molar-refractivity contribution >= 4 is 11.5 Å². The summed E-state index contributed by atoms with van der Waals surface area (Å²) in [5, 5.41) is 6.37. The summed E-state index contributed by atoms with van der Waals surface area (Å²) in [4.78, 5) is 11.0. The zero-order valence-corrected chi connectivity index (χ0v) is 7.11. The molecule has 13 heavy (non-hydrogen) atoms. The number of hydrogen-bond acceptors (Lipinski definition) is 3. The molecule has 0 bridgehead atoms. The van der Waals surface area contributed by atoms with E-state index in [1.165, 1.54) is 6.92 Å². The molecule has 1 rings (SSSR count). The van der Waals surface area contributed by atoms with Crippen molar-refractivity contribution in [3.05, 3.63) is 29.8 Å². The maximum Gasteiger partial charge on any atom is 0.159 e. The Hall–Kier alpha value is -1.71. The van der Waals surface area contributed by atoms with Gasteiger partial charge < -0.3 is 0 Å². The van der Waals surface area contributed by atoms with Crippen LogP contribution in [0.15, 0.2) is 34.6 Å². The summed E-state index contributed by atoms with van der Waals surface area (Å²) in [5.74, 6) is -0.0318. The van der Waals surface area contributed by atoms with Crippen molar-refractivity contribution in [1.82, 2.24) is 0 Å². The maximum absolute atomic E-state index is 11.0. The quantitative estimate of drug-likeness (QED) is 0.441. The second kappa shape index (κ2) is 4.35. The van der Waals surface area contributed by atoms with Crippen molar-refractivity contribution < 1.29 is 8.91 Å². The third-order valence-corrected chi connectivity index (χ3v) is 1.52. The summed E-state index contributed by atoms with van der Waals surface area (Å²) >= 11 is 0. The third kappa shape index (κ3) is 2.66. The fourth-order valence-electron chi connectivity index (χ4n) is 0.862. The molecule has 0 fully saturated rings. The van der Waals surface area contributed by atoms with Crippen molar-refractivity contribution in [3.63, 3.8) is 0 Å². The minimum Gasteiger partial charge on any atom is -0.295 e. The molecule has 4 nitrogen and oxygen atoms in total. The highest BCUT2D eigenvalue weighted by atomic mass is 16.1. The predicted molar refractivity (Wildman–Crippen MR) is 50.8 cm³/mol. The van der Waals surface area contributed by atoms with Crippen LogP contribution in [-0.2, 0) is 0 Å². The lowest BCUT2D eigenvalue weighted by Crippen LogP contribution is -1.92. The molecule has 0 aliphatic carbocycles. The van der Waals surface area contributed by atoms with E-state index in [-0.39, 0.29) is 5.78 Å². The Morgan fingerprint density at radius 2 is 2.15 bits per heavy atom. The molecule has 0 saturated carbocycles. The molecule has 0 heterocycles. The van der Waals surface area contributed by atoms with Crippen LogP contribution in [0.4, 0.5) is 5.69 Å². The summed E-state index contributed by atoms with van der Waals surface area (Å²) in [7, 11) is 0. The second-order valence-electron chi connectivity index (χ2n) is 2.45. The van der Waals surface area contributed by atoms with E-state index in [0.717, 1.165) is 0 Å². The van der Waals surface area contributed by atoms with E-state index in [2.05, 4.69) is 15.8 Å². The predicted octanol–water partition coefficient (Wildman–Crippen LogP) is 2.30. The molecule has 1 aromatic carbocycles. The number of ketones is 1. The zero-order valence-electron chi connectivity index (χ0n) is 10.1. The molecule has 0 atom stereocenters. The normalized spacial score (nSPS) is 14.7. The molecule has 4 heteroatoms. The molecule has 0 radical (unpaired) electrons. The number of nitrogens with zero attached hydrogens (tertiary/aromatic N) is 2. The van der Waals surface area contributed by atoms with Crippen molar-refractivity contribution in [2.24, 2.45) is 10.3 Å². The van der Waals surface area contributed by atoms with Gasteiger partial charge >= 0.3 is 0 Å². The summed E-state index contributed by atoms with van der Waals surface area (Å²) < 4.78 is 20.3. The van der Waals surface area contributed by atoms with Crippen molar-refractivity contribution in [1.29, 1.82) is 0 Å². The number of nitrogens with one attached hydrogen (secondary N) is 1. The van der Waals surface area contributed by atoms with E-state index in [4.69, 9.17) is 4.11 Å². The standard InChI is InChI=1S/C9H11N3O/c1-7(13)8-3-5-9(6-4-8)11-12-10-2/h3-6H,1-2H3,(H,10,11)/i2D3. The summed E-state index contributed by atoms with van der Waals surface area (Å²) in [6, 6.07) is 6.48. The van der Waals surface area contributed by atoms with Crippen LogP contribution in [0.2, 0.25) is 0 Å². The highest BCUT2D eigenvalue weighted by Gasteiger charge is 1.97. The SMILES string of the molecule is [2H]C([2H])([2H])N=NNc1ccc(C(C)=O)cc1. The number of carbonyl (C=O) groups excluding carboxylic acids is 1. The Morgan fingerprint density at radius 3 is 2.69 bits per heavy atom. The number of carbonyl (C=O) groups is 1. The van der Waals surface area contributed by atoms with Gasteiger partial charge in [-0.05, 0) is 31.2 Å². The topological polar surface area (TPSA) is 53.8 Å². The first kappa shape index (κ1) is 5.85. The van der Waals surface area contributed by atoms with Crippen LogP contribution in [0.3, 0.4) is 0 Å². The molecule has 0 unspecified atom stereocenters. The highest BCUT2D eigenvalue weighted by molar-refractivity contribution is 5.94. The summed E-state index contributed by atoms with van der Waals surface area (Å²) in [5.41, 5.74) is 3.60. The monoisotopic (exact) mass is 180 g/mol. The average molecular weight is 180 g/mol. The van der Waals surface area contributed by atoms with Gasteiger partial charge in [0.05, 0.1) is 12.7 Å².